The van der Waals surface area contributed by atoms with E-state index in [4.69, 9.17) is 8.60 Å². The third-order valence-corrected chi connectivity index (χ3v) is 4.85. The lowest BCUT2D eigenvalue weighted by Crippen LogP contribution is -2.10. The molecule has 0 amide bonds. The lowest BCUT2D eigenvalue weighted by atomic mass is 10.0. The zero-order valence-electron chi connectivity index (χ0n) is 13.2. The van der Waals surface area contributed by atoms with Crippen LogP contribution >= 0.6 is 0 Å². The minimum atomic E-state index is -3.98. The minimum Gasteiger partial charge on any atom is -0.423 e. The zero-order chi connectivity index (χ0) is 17.3. The third-order valence-electron chi connectivity index (χ3n) is 3.61. The van der Waals surface area contributed by atoms with E-state index in [0.29, 0.717) is 11.0 Å². The standard InChI is InChI=1S/C18H16O5S/c1-12(2)13-4-3-5-15(10-13)23-24(20,21)16-7-8-17-14(11-16)6-9-18(19)22-17/h3-12H,1-2H3. The fourth-order valence-corrected chi connectivity index (χ4v) is 3.27. The van der Waals surface area contributed by atoms with Crippen LogP contribution in [0.2, 0.25) is 0 Å². The predicted octanol–water partition coefficient (Wildman–Crippen LogP) is 3.68. The lowest BCUT2D eigenvalue weighted by molar-refractivity contribution is 0.485. The van der Waals surface area contributed by atoms with Gasteiger partial charge in [-0.15, -0.1) is 0 Å². The van der Waals surface area contributed by atoms with Gasteiger partial charge in [-0.3, -0.25) is 0 Å². The minimum absolute atomic E-state index is 0.00111. The Morgan fingerprint density at radius 2 is 1.79 bits per heavy atom. The molecular weight excluding hydrogens is 328 g/mol. The van der Waals surface area contributed by atoms with Crippen LogP contribution in [0.1, 0.15) is 25.3 Å². The van der Waals surface area contributed by atoms with Crippen molar-refractivity contribution in [3.8, 4) is 5.75 Å². The van der Waals surface area contributed by atoms with Gasteiger partial charge in [0.15, 0.2) is 0 Å². The van der Waals surface area contributed by atoms with E-state index < -0.39 is 15.7 Å². The Hall–Kier alpha value is -2.60. The molecule has 0 unspecified atom stereocenters. The Kier molecular flexibility index (Phi) is 4.15. The van der Waals surface area contributed by atoms with Crippen molar-refractivity contribution in [3.63, 3.8) is 0 Å². The monoisotopic (exact) mass is 344 g/mol. The van der Waals surface area contributed by atoms with E-state index in [-0.39, 0.29) is 16.6 Å². The SMILES string of the molecule is CC(C)c1cccc(OS(=O)(=O)c2ccc3oc(=O)ccc3c2)c1. The molecule has 1 heterocycles. The van der Waals surface area contributed by atoms with Crippen molar-refractivity contribution in [2.24, 2.45) is 0 Å². The highest BCUT2D eigenvalue weighted by molar-refractivity contribution is 7.87. The van der Waals surface area contributed by atoms with E-state index in [1.807, 2.05) is 19.9 Å². The number of fused-ring (bicyclic) bond motifs is 1. The number of hydrogen-bond acceptors (Lipinski definition) is 5. The molecule has 124 valence electrons. The van der Waals surface area contributed by atoms with Crippen LogP contribution in [0.25, 0.3) is 11.0 Å². The molecule has 6 heteroatoms. The first-order valence-corrected chi connectivity index (χ1v) is 8.84. The molecular formula is C18H16O5S. The van der Waals surface area contributed by atoms with Gasteiger partial charge < -0.3 is 8.60 Å². The quantitative estimate of drug-likeness (QED) is 0.533. The van der Waals surface area contributed by atoms with Gasteiger partial charge in [0, 0.05) is 11.5 Å². The summed E-state index contributed by atoms with van der Waals surface area (Å²) in [5.74, 6) is 0.528. The molecule has 1 aromatic heterocycles. The first-order valence-electron chi connectivity index (χ1n) is 7.43. The summed E-state index contributed by atoms with van der Waals surface area (Å²) >= 11 is 0. The van der Waals surface area contributed by atoms with Gasteiger partial charge in [-0.2, -0.15) is 8.42 Å². The number of hydrogen-bond donors (Lipinski definition) is 0. The van der Waals surface area contributed by atoms with Gasteiger partial charge in [0.2, 0.25) is 0 Å². The molecule has 0 saturated heterocycles. The average molecular weight is 344 g/mol. The van der Waals surface area contributed by atoms with Crippen LogP contribution in [0.3, 0.4) is 0 Å². The molecule has 0 atom stereocenters. The molecule has 0 radical (unpaired) electrons. The van der Waals surface area contributed by atoms with Crippen LogP contribution in [-0.2, 0) is 10.1 Å². The predicted molar refractivity (Wildman–Crippen MR) is 90.8 cm³/mol. The van der Waals surface area contributed by atoms with Crippen molar-refractivity contribution in [2.75, 3.05) is 0 Å². The summed E-state index contributed by atoms with van der Waals surface area (Å²) < 4.78 is 35.2. The highest BCUT2D eigenvalue weighted by Crippen LogP contribution is 2.25. The second-order valence-corrected chi connectivity index (χ2v) is 7.27. The summed E-state index contributed by atoms with van der Waals surface area (Å²) in [5, 5.41) is 0.509. The van der Waals surface area contributed by atoms with E-state index in [1.54, 1.807) is 18.2 Å². The number of benzene rings is 2. The normalized spacial score (nSPS) is 11.8. The van der Waals surface area contributed by atoms with E-state index in [9.17, 15) is 13.2 Å². The third kappa shape index (κ3) is 3.33. The van der Waals surface area contributed by atoms with Gasteiger partial charge in [-0.25, -0.2) is 4.79 Å². The van der Waals surface area contributed by atoms with Gasteiger partial charge in [0.1, 0.15) is 16.2 Å². The van der Waals surface area contributed by atoms with Crippen LogP contribution in [0, 0.1) is 0 Å². The summed E-state index contributed by atoms with van der Waals surface area (Å²) in [6.45, 7) is 4.04. The summed E-state index contributed by atoms with van der Waals surface area (Å²) in [6, 6.07) is 14.0. The van der Waals surface area contributed by atoms with Gasteiger partial charge in [0.05, 0.1) is 0 Å². The highest BCUT2D eigenvalue weighted by atomic mass is 32.2. The Balaban J connectivity index is 1.97. The van der Waals surface area contributed by atoms with E-state index in [2.05, 4.69) is 0 Å². The highest BCUT2D eigenvalue weighted by Gasteiger charge is 2.18. The maximum atomic E-state index is 12.5. The summed E-state index contributed by atoms with van der Waals surface area (Å²) in [6.07, 6.45) is 0. The maximum Gasteiger partial charge on any atom is 0.339 e. The van der Waals surface area contributed by atoms with E-state index in [1.165, 1.54) is 30.3 Å². The first kappa shape index (κ1) is 16.3. The van der Waals surface area contributed by atoms with E-state index in [0.717, 1.165) is 5.56 Å². The first-order chi connectivity index (χ1) is 11.3. The Labute approximate surface area is 139 Å². The lowest BCUT2D eigenvalue weighted by Gasteiger charge is -2.10. The Bertz CT molecular complexity index is 1050. The van der Waals surface area contributed by atoms with Gasteiger partial charge in [-0.1, -0.05) is 26.0 Å². The molecule has 5 nitrogen and oxygen atoms in total. The largest absolute Gasteiger partial charge is 0.423 e. The summed E-state index contributed by atoms with van der Waals surface area (Å²) in [5.41, 5.74) is 0.825. The van der Waals surface area contributed by atoms with Crippen LogP contribution in [0.15, 0.2) is 68.7 Å². The topological polar surface area (TPSA) is 73.6 Å². The molecule has 0 aliphatic carbocycles. The summed E-state index contributed by atoms with van der Waals surface area (Å²) in [7, 11) is -3.98. The van der Waals surface area contributed by atoms with Crippen LogP contribution in [-0.4, -0.2) is 8.42 Å². The second-order valence-electron chi connectivity index (χ2n) is 5.72. The van der Waals surface area contributed by atoms with Gasteiger partial charge >= 0.3 is 15.7 Å². The fourth-order valence-electron chi connectivity index (χ4n) is 2.31. The van der Waals surface area contributed by atoms with E-state index >= 15 is 0 Å². The van der Waals surface area contributed by atoms with Crippen LogP contribution in [0.4, 0.5) is 0 Å². The van der Waals surface area contributed by atoms with Crippen molar-refractivity contribution in [1.82, 2.24) is 0 Å². The second kappa shape index (κ2) is 6.13. The van der Waals surface area contributed by atoms with Crippen LogP contribution < -0.4 is 9.81 Å². The molecule has 0 fully saturated rings. The zero-order valence-corrected chi connectivity index (χ0v) is 14.0. The van der Waals surface area contributed by atoms with Crippen molar-refractivity contribution in [1.29, 1.82) is 0 Å². The molecule has 0 bridgehead atoms. The molecule has 3 rings (SSSR count). The molecule has 0 aliphatic rings. The van der Waals surface area contributed by atoms with Gasteiger partial charge in [-0.05, 0) is 47.9 Å². The van der Waals surface area contributed by atoms with Crippen molar-refractivity contribution in [3.05, 3.63) is 70.6 Å². The average Bonchev–Trinajstić information content (AvgIpc) is 2.54. The van der Waals surface area contributed by atoms with Crippen molar-refractivity contribution in [2.45, 2.75) is 24.7 Å². The van der Waals surface area contributed by atoms with Crippen LogP contribution in [0.5, 0.6) is 5.75 Å². The molecule has 0 saturated carbocycles. The molecule has 0 N–H and O–H groups in total. The summed E-state index contributed by atoms with van der Waals surface area (Å²) in [4.78, 5) is 11.2. The smallest absolute Gasteiger partial charge is 0.339 e. The van der Waals surface area contributed by atoms with Crippen molar-refractivity contribution < 1.29 is 17.0 Å². The fraction of sp³-hybridized carbons (Fsp3) is 0.167. The molecule has 24 heavy (non-hydrogen) atoms. The number of rotatable bonds is 4. The van der Waals surface area contributed by atoms with Gasteiger partial charge in [0.25, 0.3) is 0 Å². The van der Waals surface area contributed by atoms with Crippen molar-refractivity contribution >= 4 is 21.1 Å². The Morgan fingerprint density at radius 3 is 2.54 bits per heavy atom. The molecule has 0 spiro atoms. The molecule has 2 aromatic carbocycles. The maximum absolute atomic E-state index is 12.5. The molecule has 0 aliphatic heterocycles. The Morgan fingerprint density at radius 1 is 1.00 bits per heavy atom. The molecule has 3 aromatic rings.